The number of hydrogen-bond donors (Lipinski definition) is 1. The van der Waals surface area contributed by atoms with Crippen LogP contribution in [0.2, 0.25) is 10.0 Å². The van der Waals surface area contributed by atoms with Gasteiger partial charge < -0.3 is 4.74 Å². The summed E-state index contributed by atoms with van der Waals surface area (Å²) in [5, 5.41) is 1.85. The normalized spacial score (nSPS) is 13.5. The van der Waals surface area contributed by atoms with Crippen LogP contribution in [0, 0.1) is 0 Å². The van der Waals surface area contributed by atoms with Crippen molar-refractivity contribution < 1.29 is 28.4 Å². The van der Waals surface area contributed by atoms with Crippen LogP contribution in [-0.2, 0) is 18.7 Å². The molecule has 1 amide bonds. The summed E-state index contributed by atoms with van der Waals surface area (Å²) >= 11 is 12.0. The zero-order valence-corrected chi connectivity index (χ0v) is 19.2. The van der Waals surface area contributed by atoms with Crippen LogP contribution in [0.25, 0.3) is 0 Å². The molecule has 30 heavy (non-hydrogen) atoms. The summed E-state index contributed by atoms with van der Waals surface area (Å²) in [6.07, 6.45) is -0.983. The number of amides is 1. The number of benzene rings is 2. The van der Waals surface area contributed by atoms with Crippen LogP contribution in [0.5, 0.6) is 5.75 Å². The first-order valence-corrected chi connectivity index (χ1v) is 11.0. The monoisotopic (exact) mass is 474 g/mol. The lowest BCUT2D eigenvalue weighted by Gasteiger charge is -2.25. The molecule has 2 aromatic rings. The van der Waals surface area contributed by atoms with Gasteiger partial charge in [0.2, 0.25) is 5.91 Å². The van der Waals surface area contributed by atoms with Gasteiger partial charge in [0.15, 0.2) is 0 Å². The van der Waals surface area contributed by atoms with Crippen molar-refractivity contribution in [3.8, 4) is 5.75 Å². The van der Waals surface area contributed by atoms with E-state index < -0.39 is 20.5 Å². The first kappa shape index (κ1) is 24.5. The number of methoxy groups -OCH3 is 1. The van der Waals surface area contributed by atoms with Gasteiger partial charge in [0, 0.05) is 17.9 Å². The van der Waals surface area contributed by atoms with Crippen LogP contribution in [0.4, 0.5) is 0 Å². The molecule has 3 unspecified atom stereocenters. The van der Waals surface area contributed by atoms with Crippen molar-refractivity contribution in [2.24, 2.45) is 0 Å². The molecule has 0 aromatic heterocycles. The summed E-state index contributed by atoms with van der Waals surface area (Å²) < 4.78 is 21.5. The molecule has 0 saturated heterocycles. The van der Waals surface area contributed by atoms with Gasteiger partial charge in [0.05, 0.1) is 23.7 Å². The number of carbonyl (C=O) groups excluding carboxylic acids is 1. The summed E-state index contributed by atoms with van der Waals surface area (Å²) in [6.45, 7) is 3.32. The molecule has 1 N–H and O–H groups in total. The number of carbonyl (C=O) groups is 1. The van der Waals surface area contributed by atoms with Gasteiger partial charge in [-0.25, -0.2) is 5.06 Å². The second-order valence-corrected chi connectivity index (χ2v) is 7.94. The van der Waals surface area contributed by atoms with E-state index in [1.807, 2.05) is 19.1 Å². The first-order chi connectivity index (χ1) is 14.2. The molecule has 3 atom stereocenters. The van der Waals surface area contributed by atoms with Gasteiger partial charge in [0.25, 0.3) is 0 Å². The van der Waals surface area contributed by atoms with E-state index in [1.54, 1.807) is 37.4 Å². The lowest BCUT2D eigenvalue weighted by Crippen LogP contribution is -2.32. The zero-order valence-electron chi connectivity index (χ0n) is 16.7. The SMILES string of the molecule is COc1ccc(C(C)ON(CCC(O[P+](=O)O)c2ccc(Cl)c(Cl)c2)C(C)=O)cc1. The summed E-state index contributed by atoms with van der Waals surface area (Å²) in [7, 11) is -1.28. The van der Waals surface area contributed by atoms with Crippen LogP contribution in [0.1, 0.15) is 43.6 Å². The lowest BCUT2D eigenvalue weighted by molar-refractivity contribution is -0.204. The fourth-order valence-corrected chi connectivity index (χ4v) is 3.50. The van der Waals surface area contributed by atoms with Gasteiger partial charge in [-0.2, -0.15) is 0 Å². The average Bonchev–Trinajstić information content (AvgIpc) is 2.71. The first-order valence-electron chi connectivity index (χ1n) is 9.08. The Kier molecular flexibility index (Phi) is 9.49. The molecule has 0 spiro atoms. The van der Waals surface area contributed by atoms with Gasteiger partial charge in [0.1, 0.15) is 18.0 Å². The molecule has 0 radical (unpaired) electrons. The third kappa shape index (κ3) is 7.20. The summed E-state index contributed by atoms with van der Waals surface area (Å²) in [4.78, 5) is 27.1. The standard InChI is InChI=1S/C20H22Cl2NO6P/c1-13(15-4-7-17(27-3)8-5-15)28-23(14(2)24)11-10-20(29-30(25)26)16-6-9-18(21)19(22)12-16/h4-9,12-13,20H,10-11H2,1-3H3/p+1. The number of halogens is 2. The van der Waals surface area contributed by atoms with E-state index in [2.05, 4.69) is 0 Å². The van der Waals surface area contributed by atoms with E-state index in [0.29, 0.717) is 21.4 Å². The molecule has 0 saturated carbocycles. The van der Waals surface area contributed by atoms with Gasteiger partial charge in [-0.15, -0.1) is 9.42 Å². The zero-order chi connectivity index (χ0) is 22.3. The average molecular weight is 475 g/mol. The maximum absolute atomic E-state index is 12.1. The number of hydroxylamine groups is 2. The highest BCUT2D eigenvalue weighted by Gasteiger charge is 2.27. The van der Waals surface area contributed by atoms with Crippen molar-refractivity contribution in [2.45, 2.75) is 32.5 Å². The van der Waals surface area contributed by atoms with E-state index in [4.69, 9.17) is 37.3 Å². The molecule has 162 valence electrons. The Bertz CT molecular complexity index is 880. The summed E-state index contributed by atoms with van der Waals surface area (Å²) in [5.41, 5.74) is 1.42. The third-order valence-electron chi connectivity index (χ3n) is 4.35. The molecule has 0 bridgehead atoms. The lowest BCUT2D eigenvalue weighted by atomic mass is 10.1. The highest BCUT2D eigenvalue weighted by Crippen LogP contribution is 2.34. The van der Waals surface area contributed by atoms with E-state index in [-0.39, 0.29) is 18.9 Å². The highest BCUT2D eigenvalue weighted by molar-refractivity contribution is 7.32. The topological polar surface area (TPSA) is 85.3 Å². The summed E-state index contributed by atoms with van der Waals surface area (Å²) in [5.74, 6) is 0.408. The Hall–Kier alpha value is -1.73. The second-order valence-electron chi connectivity index (χ2n) is 6.44. The molecular formula is C20H23Cl2NO6P+. The Labute approximate surface area is 186 Å². The minimum absolute atomic E-state index is 0.129. The molecule has 10 heteroatoms. The van der Waals surface area contributed by atoms with E-state index in [0.717, 1.165) is 5.56 Å². The fourth-order valence-electron chi connectivity index (χ4n) is 2.75. The number of nitrogens with zero attached hydrogens (tertiary/aromatic N) is 1. The van der Waals surface area contributed by atoms with E-state index >= 15 is 0 Å². The molecule has 7 nitrogen and oxygen atoms in total. The maximum atomic E-state index is 12.1. The smallest absolute Gasteiger partial charge is 0.497 e. The molecular weight excluding hydrogens is 452 g/mol. The van der Waals surface area contributed by atoms with Crippen molar-refractivity contribution in [2.75, 3.05) is 13.7 Å². The van der Waals surface area contributed by atoms with Crippen LogP contribution < -0.4 is 4.74 Å². The molecule has 0 heterocycles. The Balaban J connectivity index is 2.09. The van der Waals surface area contributed by atoms with Gasteiger partial charge in [-0.1, -0.05) is 41.4 Å². The van der Waals surface area contributed by atoms with Crippen LogP contribution in [0.15, 0.2) is 42.5 Å². The van der Waals surface area contributed by atoms with E-state index in [1.165, 1.54) is 12.0 Å². The predicted octanol–water partition coefficient (Wildman–Crippen LogP) is 5.64. The molecule has 2 aromatic carbocycles. The predicted molar refractivity (Wildman–Crippen MR) is 115 cm³/mol. The van der Waals surface area contributed by atoms with Gasteiger partial charge in [-0.05, 0) is 42.3 Å². The Morgan fingerprint density at radius 1 is 1.13 bits per heavy atom. The third-order valence-corrected chi connectivity index (χ3v) is 5.52. The largest absolute Gasteiger partial charge is 0.695 e. The Morgan fingerprint density at radius 2 is 1.77 bits per heavy atom. The summed E-state index contributed by atoms with van der Waals surface area (Å²) in [6, 6.07) is 12.1. The fraction of sp³-hybridized carbons (Fsp3) is 0.350. The van der Waals surface area contributed by atoms with E-state index in [9.17, 15) is 14.3 Å². The van der Waals surface area contributed by atoms with Crippen LogP contribution in [0.3, 0.4) is 0 Å². The molecule has 0 aliphatic carbocycles. The number of rotatable bonds is 10. The molecule has 0 fully saturated rings. The number of hydrogen-bond acceptors (Lipinski definition) is 5. The Morgan fingerprint density at radius 3 is 2.30 bits per heavy atom. The van der Waals surface area contributed by atoms with Crippen molar-refractivity contribution in [1.82, 2.24) is 5.06 Å². The van der Waals surface area contributed by atoms with Crippen molar-refractivity contribution in [3.63, 3.8) is 0 Å². The minimum atomic E-state index is -2.87. The van der Waals surface area contributed by atoms with Crippen LogP contribution >= 0.6 is 31.5 Å². The van der Waals surface area contributed by atoms with Crippen molar-refractivity contribution in [1.29, 1.82) is 0 Å². The van der Waals surface area contributed by atoms with Crippen molar-refractivity contribution >= 4 is 37.4 Å². The molecule has 0 aliphatic heterocycles. The van der Waals surface area contributed by atoms with Crippen LogP contribution in [-0.4, -0.2) is 29.5 Å². The minimum Gasteiger partial charge on any atom is -0.497 e. The van der Waals surface area contributed by atoms with Gasteiger partial charge >= 0.3 is 8.25 Å². The maximum Gasteiger partial charge on any atom is 0.695 e. The highest BCUT2D eigenvalue weighted by atomic mass is 35.5. The molecule has 0 aliphatic rings. The van der Waals surface area contributed by atoms with Crippen molar-refractivity contribution in [3.05, 3.63) is 63.6 Å². The second kappa shape index (κ2) is 11.6. The van der Waals surface area contributed by atoms with Gasteiger partial charge in [-0.3, -0.25) is 9.63 Å². The quantitative estimate of drug-likeness (QED) is 0.354. The number of ether oxygens (including phenoxy) is 1. The molecule has 2 rings (SSSR count).